The summed E-state index contributed by atoms with van der Waals surface area (Å²) in [4.78, 5) is 48.2. The lowest BCUT2D eigenvalue weighted by Crippen LogP contribution is -2.54. The molecule has 2 aliphatic rings. The zero-order valence-corrected chi connectivity index (χ0v) is 27.4. The number of hydrogen-bond acceptors (Lipinski definition) is 11. The van der Waals surface area contributed by atoms with Gasteiger partial charge in [0.05, 0.1) is 25.9 Å². The molecule has 3 amide bonds. The van der Waals surface area contributed by atoms with E-state index < -0.39 is 29.7 Å². The summed E-state index contributed by atoms with van der Waals surface area (Å²) in [5.74, 6) is 0.909. The number of pyridine rings is 1. The fraction of sp³-hybridized carbons (Fsp3) is 0.562. The Hall–Kier alpha value is -4.30. The number of piperazine rings is 1. The first kappa shape index (κ1) is 34.6. The average Bonchev–Trinajstić information content (AvgIpc) is 3.04. The second kappa shape index (κ2) is 15.3. The molecule has 1 unspecified atom stereocenters. The molecule has 0 bridgehead atoms. The number of amides is 3. The Morgan fingerprint density at radius 3 is 2.41 bits per heavy atom. The van der Waals surface area contributed by atoms with E-state index >= 15 is 0 Å². The van der Waals surface area contributed by atoms with E-state index in [-0.39, 0.29) is 37.4 Å². The van der Waals surface area contributed by atoms with Gasteiger partial charge in [-0.3, -0.25) is 9.69 Å². The first-order valence-corrected chi connectivity index (χ1v) is 15.3. The predicted octanol–water partition coefficient (Wildman–Crippen LogP) is 2.80. The summed E-state index contributed by atoms with van der Waals surface area (Å²) >= 11 is 0. The fourth-order valence-corrected chi connectivity index (χ4v) is 5.37. The number of aliphatic hydroxyl groups excluding tert-OH is 1. The Morgan fingerprint density at radius 1 is 1.02 bits per heavy atom. The van der Waals surface area contributed by atoms with Crippen LogP contribution in [-0.2, 0) is 27.2 Å². The highest BCUT2D eigenvalue weighted by Crippen LogP contribution is 2.30. The molecule has 2 atom stereocenters. The van der Waals surface area contributed by atoms with Crippen LogP contribution in [0.4, 0.5) is 15.4 Å². The molecule has 0 radical (unpaired) electrons. The molecule has 2 aliphatic heterocycles. The van der Waals surface area contributed by atoms with Crippen LogP contribution in [0, 0.1) is 0 Å². The van der Waals surface area contributed by atoms with E-state index in [4.69, 9.17) is 23.7 Å². The molecule has 1 saturated heterocycles. The van der Waals surface area contributed by atoms with Crippen molar-refractivity contribution in [2.75, 3.05) is 65.2 Å². The van der Waals surface area contributed by atoms with E-state index in [1.807, 2.05) is 23.1 Å². The number of methoxy groups -OCH3 is 2. The number of carbonyl (C=O) groups is 3. The van der Waals surface area contributed by atoms with E-state index in [1.165, 1.54) is 19.1 Å². The summed E-state index contributed by atoms with van der Waals surface area (Å²) < 4.78 is 26.8. The van der Waals surface area contributed by atoms with Gasteiger partial charge >= 0.3 is 12.2 Å². The van der Waals surface area contributed by atoms with Gasteiger partial charge in [0.1, 0.15) is 22.7 Å². The number of ether oxygens (including phenoxy) is 5. The normalized spacial score (nSPS) is 17.1. The molecular weight excluding hydrogens is 598 g/mol. The number of aromatic nitrogens is 1. The standard InChI is InChI=1S/C32H45N5O9/c1-7-44-29-24(10-11-27(34-29)35-12-14-36(15-13-35)30(40)43-6)28(39)33-18-26(38)25-17-21-8-9-23(45-20-42-5)16-22(21)19-37(25)31(41)46-32(2,3)4/h8-11,16,25-26,38H,7,12-15,17-20H2,1-6H3,(H,33,39)/t25?,26-/m1/s1. The maximum atomic E-state index is 13.3. The third-order valence-corrected chi connectivity index (χ3v) is 7.64. The number of hydrogen-bond donors (Lipinski definition) is 2. The number of carbonyl (C=O) groups excluding carboxylic acids is 3. The number of nitrogens with one attached hydrogen (secondary N) is 1. The molecule has 2 N–H and O–H groups in total. The van der Waals surface area contributed by atoms with Crippen LogP contribution < -0.4 is 19.7 Å². The Balaban J connectivity index is 1.46. The van der Waals surface area contributed by atoms with Crippen molar-refractivity contribution in [2.24, 2.45) is 0 Å². The van der Waals surface area contributed by atoms with Gasteiger partial charge in [0.2, 0.25) is 5.88 Å². The molecule has 1 fully saturated rings. The van der Waals surface area contributed by atoms with Gasteiger partial charge in [0.15, 0.2) is 6.79 Å². The minimum Gasteiger partial charge on any atom is -0.477 e. The molecule has 1 aromatic carbocycles. The van der Waals surface area contributed by atoms with Crippen molar-refractivity contribution in [2.45, 2.75) is 58.4 Å². The molecule has 252 valence electrons. The molecule has 3 heterocycles. The molecule has 1 aromatic heterocycles. The number of fused-ring (bicyclic) bond motifs is 1. The van der Waals surface area contributed by atoms with Crippen LogP contribution in [-0.4, -0.2) is 116 Å². The first-order valence-electron chi connectivity index (χ1n) is 15.3. The smallest absolute Gasteiger partial charge is 0.410 e. The number of rotatable bonds is 10. The van der Waals surface area contributed by atoms with Crippen molar-refractivity contribution in [3.05, 3.63) is 47.0 Å². The molecule has 0 aliphatic carbocycles. The van der Waals surface area contributed by atoms with Gasteiger partial charge < -0.3 is 43.9 Å². The SMILES string of the molecule is CCOc1nc(N2CCN(C(=O)OC)CC2)ccc1C(=O)NC[C@@H](O)C1Cc2ccc(OCOC)cc2CN1C(=O)OC(C)(C)C. The van der Waals surface area contributed by atoms with Crippen LogP contribution >= 0.6 is 0 Å². The number of aliphatic hydroxyl groups is 1. The summed E-state index contributed by atoms with van der Waals surface area (Å²) in [5.41, 5.74) is 1.29. The van der Waals surface area contributed by atoms with Crippen molar-refractivity contribution in [3.8, 4) is 11.6 Å². The van der Waals surface area contributed by atoms with E-state index in [0.29, 0.717) is 50.8 Å². The van der Waals surface area contributed by atoms with Crippen molar-refractivity contribution >= 4 is 23.9 Å². The minimum absolute atomic E-state index is 0.0902. The lowest BCUT2D eigenvalue weighted by atomic mass is 9.91. The van der Waals surface area contributed by atoms with Crippen LogP contribution in [0.15, 0.2) is 30.3 Å². The lowest BCUT2D eigenvalue weighted by Gasteiger charge is -2.40. The highest BCUT2D eigenvalue weighted by molar-refractivity contribution is 5.96. The van der Waals surface area contributed by atoms with Gasteiger partial charge in [-0.2, -0.15) is 4.98 Å². The van der Waals surface area contributed by atoms with E-state index in [0.717, 1.165) is 11.1 Å². The average molecular weight is 644 g/mol. The fourth-order valence-electron chi connectivity index (χ4n) is 5.37. The quantitative estimate of drug-likeness (QED) is 0.368. The largest absolute Gasteiger partial charge is 0.477 e. The van der Waals surface area contributed by atoms with Gasteiger partial charge in [-0.15, -0.1) is 0 Å². The number of anilines is 1. The summed E-state index contributed by atoms with van der Waals surface area (Å²) in [5, 5.41) is 14.1. The maximum Gasteiger partial charge on any atom is 0.410 e. The van der Waals surface area contributed by atoms with Crippen LogP contribution in [0.25, 0.3) is 0 Å². The third kappa shape index (κ3) is 8.69. The predicted molar refractivity (Wildman–Crippen MR) is 168 cm³/mol. The Kier molecular flexibility index (Phi) is 11.5. The highest BCUT2D eigenvalue weighted by Gasteiger charge is 2.37. The summed E-state index contributed by atoms with van der Waals surface area (Å²) in [6.45, 7) is 9.64. The molecule has 14 heteroatoms. The third-order valence-electron chi connectivity index (χ3n) is 7.64. The lowest BCUT2D eigenvalue weighted by molar-refractivity contribution is -0.0114. The van der Waals surface area contributed by atoms with Gasteiger partial charge in [0, 0.05) is 46.4 Å². The molecular formula is C32H45N5O9. The van der Waals surface area contributed by atoms with Crippen molar-refractivity contribution in [1.82, 2.24) is 20.1 Å². The van der Waals surface area contributed by atoms with Crippen LogP contribution in [0.3, 0.4) is 0 Å². The Labute approximate surface area is 269 Å². The van der Waals surface area contributed by atoms with Crippen molar-refractivity contribution < 1.29 is 43.2 Å². The van der Waals surface area contributed by atoms with Gasteiger partial charge in [-0.1, -0.05) is 6.07 Å². The zero-order valence-electron chi connectivity index (χ0n) is 27.4. The van der Waals surface area contributed by atoms with E-state index in [1.54, 1.807) is 44.7 Å². The molecule has 14 nitrogen and oxygen atoms in total. The van der Waals surface area contributed by atoms with Gasteiger partial charge in [0.25, 0.3) is 5.91 Å². The Morgan fingerprint density at radius 2 is 1.76 bits per heavy atom. The Bertz CT molecular complexity index is 1370. The van der Waals surface area contributed by atoms with E-state index in [9.17, 15) is 19.5 Å². The summed E-state index contributed by atoms with van der Waals surface area (Å²) in [6.07, 6.45) is -1.70. The van der Waals surface area contributed by atoms with Crippen molar-refractivity contribution in [1.29, 1.82) is 0 Å². The second-order valence-electron chi connectivity index (χ2n) is 12.0. The molecule has 4 rings (SSSR count). The first-order chi connectivity index (χ1) is 21.9. The van der Waals surface area contributed by atoms with Gasteiger partial charge in [-0.25, -0.2) is 9.59 Å². The highest BCUT2D eigenvalue weighted by atomic mass is 16.7. The molecule has 2 aromatic rings. The van der Waals surface area contributed by atoms with Crippen LogP contribution in [0.5, 0.6) is 11.6 Å². The summed E-state index contributed by atoms with van der Waals surface area (Å²) in [6, 6.07) is 8.27. The second-order valence-corrected chi connectivity index (χ2v) is 12.0. The van der Waals surface area contributed by atoms with Crippen molar-refractivity contribution in [3.63, 3.8) is 0 Å². The van der Waals surface area contributed by atoms with Crippen LogP contribution in [0.1, 0.15) is 49.2 Å². The number of benzene rings is 1. The molecule has 0 saturated carbocycles. The van der Waals surface area contributed by atoms with Crippen LogP contribution in [0.2, 0.25) is 0 Å². The molecule has 46 heavy (non-hydrogen) atoms. The monoisotopic (exact) mass is 643 g/mol. The molecule has 0 spiro atoms. The van der Waals surface area contributed by atoms with E-state index in [2.05, 4.69) is 10.3 Å². The summed E-state index contributed by atoms with van der Waals surface area (Å²) in [7, 11) is 2.89. The minimum atomic E-state index is -1.11. The topological polar surface area (TPSA) is 152 Å². The maximum absolute atomic E-state index is 13.3. The van der Waals surface area contributed by atoms with Gasteiger partial charge in [-0.05, 0) is 69.5 Å². The zero-order chi connectivity index (χ0) is 33.4. The number of nitrogens with zero attached hydrogens (tertiary/aromatic N) is 4.